The molecule has 1 aromatic rings. The molecule has 178 valence electrons. The zero-order valence-electron chi connectivity index (χ0n) is 19.9. The van der Waals surface area contributed by atoms with Crippen LogP contribution in [0.5, 0.6) is 5.75 Å². The Morgan fingerprint density at radius 3 is 2.38 bits per heavy atom. The van der Waals surface area contributed by atoms with Gasteiger partial charge in [0.05, 0.1) is 19.8 Å². The van der Waals surface area contributed by atoms with Crippen molar-refractivity contribution >= 4 is 11.9 Å². The summed E-state index contributed by atoms with van der Waals surface area (Å²) in [6.45, 7) is 9.53. The number of methoxy groups -OCH3 is 1. The SMILES string of the molecule is CN=C(NCCCOCc1ccc(OC)cc1)N1CCN(C(C)C(=O)N2CCCC2)CC1. The van der Waals surface area contributed by atoms with Crippen molar-refractivity contribution in [1.29, 1.82) is 0 Å². The van der Waals surface area contributed by atoms with Gasteiger partial charge in [-0.3, -0.25) is 14.7 Å². The van der Waals surface area contributed by atoms with E-state index in [2.05, 4.69) is 27.0 Å². The third-order valence-corrected chi connectivity index (χ3v) is 6.32. The predicted octanol–water partition coefficient (Wildman–Crippen LogP) is 1.81. The Balaban J connectivity index is 1.31. The number of rotatable bonds is 9. The molecular formula is C24H39N5O3. The number of aliphatic imine (C=N–C) groups is 1. The van der Waals surface area contributed by atoms with Crippen molar-refractivity contribution in [1.82, 2.24) is 20.0 Å². The number of hydrogen-bond acceptors (Lipinski definition) is 5. The Hall–Kier alpha value is -2.32. The van der Waals surface area contributed by atoms with Crippen LogP contribution in [0.15, 0.2) is 29.3 Å². The Kier molecular flexibility index (Phi) is 9.62. The van der Waals surface area contributed by atoms with E-state index in [0.717, 1.165) is 82.3 Å². The minimum absolute atomic E-state index is 0.0342. The average Bonchev–Trinajstić information content (AvgIpc) is 3.38. The van der Waals surface area contributed by atoms with Crippen LogP contribution in [0, 0.1) is 0 Å². The van der Waals surface area contributed by atoms with Crippen LogP contribution in [0.1, 0.15) is 31.7 Å². The highest BCUT2D eigenvalue weighted by molar-refractivity contribution is 5.82. The summed E-state index contributed by atoms with van der Waals surface area (Å²) in [7, 11) is 3.50. The van der Waals surface area contributed by atoms with Crippen LogP contribution in [-0.4, -0.2) is 99.2 Å². The smallest absolute Gasteiger partial charge is 0.239 e. The van der Waals surface area contributed by atoms with Gasteiger partial charge in [-0.25, -0.2) is 0 Å². The van der Waals surface area contributed by atoms with Gasteiger partial charge in [-0.2, -0.15) is 0 Å². The van der Waals surface area contributed by atoms with E-state index < -0.39 is 0 Å². The van der Waals surface area contributed by atoms with Crippen molar-refractivity contribution < 1.29 is 14.3 Å². The van der Waals surface area contributed by atoms with Crippen LogP contribution in [-0.2, 0) is 16.1 Å². The van der Waals surface area contributed by atoms with Crippen molar-refractivity contribution in [3.8, 4) is 5.75 Å². The van der Waals surface area contributed by atoms with Gasteiger partial charge in [-0.1, -0.05) is 12.1 Å². The summed E-state index contributed by atoms with van der Waals surface area (Å²) in [4.78, 5) is 23.7. The third kappa shape index (κ3) is 6.84. The molecule has 1 atom stereocenters. The number of guanidine groups is 1. The summed E-state index contributed by atoms with van der Waals surface area (Å²) >= 11 is 0. The summed E-state index contributed by atoms with van der Waals surface area (Å²) in [5, 5.41) is 3.45. The quantitative estimate of drug-likeness (QED) is 0.355. The average molecular weight is 446 g/mol. The van der Waals surface area contributed by atoms with Gasteiger partial charge >= 0.3 is 0 Å². The first kappa shape index (κ1) is 24.3. The fourth-order valence-corrected chi connectivity index (χ4v) is 4.30. The molecule has 2 aliphatic heterocycles. The van der Waals surface area contributed by atoms with E-state index in [4.69, 9.17) is 9.47 Å². The van der Waals surface area contributed by atoms with Crippen LogP contribution in [0.3, 0.4) is 0 Å². The lowest BCUT2D eigenvalue weighted by atomic mass is 10.2. The van der Waals surface area contributed by atoms with Gasteiger partial charge < -0.3 is 24.6 Å². The van der Waals surface area contributed by atoms with Gasteiger partial charge in [0, 0.05) is 59.5 Å². The van der Waals surface area contributed by atoms with Crippen molar-refractivity contribution in [2.45, 2.75) is 38.8 Å². The number of likely N-dealkylation sites (tertiary alicyclic amines) is 1. The Morgan fingerprint density at radius 2 is 1.75 bits per heavy atom. The highest BCUT2D eigenvalue weighted by Gasteiger charge is 2.30. The number of nitrogens with one attached hydrogen (secondary N) is 1. The lowest BCUT2D eigenvalue weighted by Gasteiger charge is -2.39. The minimum Gasteiger partial charge on any atom is -0.497 e. The molecule has 1 unspecified atom stereocenters. The van der Waals surface area contributed by atoms with Crippen LogP contribution >= 0.6 is 0 Å². The van der Waals surface area contributed by atoms with Gasteiger partial charge in [-0.15, -0.1) is 0 Å². The Morgan fingerprint density at radius 1 is 1.06 bits per heavy atom. The highest BCUT2D eigenvalue weighted by atomic mass is 16.5. The fourth-order valence-electron chi connectivity index (χ4n) is 4.30. The molecule has 0 saturated carbocycles. The summed E-state index contributed by atoms with van der Waals surface area (Å²) in [5.74, 6) is 2.07. The third-order valence-electron chi connectivity index (χ3n) is 6.32. The predicted molar refractivity (Wildman–Crippen MR) is 127 cm³/mol. The summed E-state index contributed by atoms with van der Waals surface area (Å²) in [6, 6.07) is 7.92. The van der Waals surface area contributed by atoms with E-state index >= 15 is 0 Å². The molecule has 2 aliphatic rings. The maximum Gasteiger partial charge on any atom is 0.239 e. The molecular weight excluding hydrogens is 406 g/mol. The molecule has 3 rings (SSSR count). The molecule has 8 nitrogen and oxygen atoms in total. The number of ether oxygens (including phenoxy) is 2. The number of hydrogen-bond donors (Lipinski definition) is 1. The number of nitrogens with zero attached hydrogens (tertiary/aromatic N) is 4. The molecule has 2 heterocycles. The molecule has 8 heteroatoms. The second-order valence-corrected chi connectivity index (χ2v) is 8.46. The van der Waals surface area contributed by atoms with Gasteiger partial charge in [0.25, 0.3) is 0 Å². The Bertz CT molecular complexity index is 726. The topological polar surface area (TPSA) is 69.6 Å². The highest BCUT2D eigenvalue weighted by Crippen LogP contribution is 2.14. The number of carbonyl (C=O) groups excluding carboxylic acids is 1. The molecule has 0 aliphatic carbocycles. The van der Waals surface area contributed by atoms with E-state index in [-0.39, 0.29) is 11.9 Å². The summed E-state index contributed by atoms with van der Waals surface area (Å²) in [6.07, 6.45) is 3.19. The number of piperazine rings is 1. The minimum atomic E-state index is -0.0342. The number of benzene rings is 1. The summed E-state index contributed by atoms with van der Waals surface area (Å²) < 4.78 is 11.0. The van der Waals surface area contributed by atoms with Crippen molar-refractivity contribution in [3.05, 3.63) is 29.8 Å². The molecule has 1 N–H and O–H groups in total. The molecule has 0 aromatic heterocycles. The molecule has 0 spiro atoms. The fraction of sp³-hybridized carbons (Fsp3) is 0.667. The maximum atomic E-state index is 12.7. The molecule has 2 fully saturated rings. The van der Waals surface area contributed by atoms with Crippen LogP contribution in [0.4, 0.5) is 0 Å². The first-order chi connectivity index (χ1) is 15.6. The van der Waals surface area contributed by atoms with E-state index in [1.165, 1.54) is 0 Å². The molecule has 2 saturated heterocycles. The number of carbonyl (C=O) groups is 1. The lowest BCUT2D eigenvalue weighted by Crippen LogP contribution is -2.57. The standard InChI is InChI=1S/C24H39N5O3/c1-20(23(30)28-12-4-5-13-28)27-14-16-29(17-15-27)24(25-2)26-11-6-18-32-19-21-7-9-22(31-3)10-8-21/h7-10,20H,4-6,11-19H2,1-3H3,(H,25,26). The molecule has 32 heavy (non-hydrogen) atoms. The van der Waals surface area contributed by atoms with Gasteiger partial charge in [0.15, 0.2) is 5.96 Å². The second-order valence-electron chi connectivity index (χ2n) is 8.46. The zero-order valence-corrected chi connectivity index (χ0v) is 19.9. The van der Waals surface area contributed by atoms with Gasteiger partial charge in [0.1, 0.15) is 5.75 Å². The van der Waals surface area contributed by atoms with Gasteiger partial charge in [0.2, 0.25) is 5.91 Å². The normalized spacial score (nSPS) is 18.7. The summed E-state index contributed by atoms with van der Waals surface area (Å²) in [5.41, 5.74) is 1.14. The van der Waals surface area contributed by atoms with Crippen LogP contribution < -0.4 is 10.1 Å². The first-order valence-corrected chi connectivity index (χ1v) is 11.8. The molecule has 1 amide bonds. The lowest BCUT2D eigenvalue weighted by molar-refractivity contribution is -0.135. The van der Waals surface area contributed by atoms with E-state index in [1.54, 1.807) is 7.11 Å². The van der Waals surface area contributed by atoms with Crippen LogP contribution in [0.2, 0.25) is 0 Å². The van der Waals surface area contributed by atoms with E-state index in [1.807, 2.05) is 36.2 Å². The van der Waals surface area contributed by atoms with Crippen molar-refractivity contribution in [2.24, 2.45) is 4.99 Å². The monoisotopic (exact) mass is 445 g/mol. The first-order valence-electron chi connectivity index (χ1n) is 11.8. The van der Waals surface area contributed by atoms with Gasteiger partial charge in [-0.05, 0) is 43.9 Å². The van der Waals surface area contributed by atoms with Crippen molar-refractivity contribution in [3.63, 3.8) is 0 Å². The second kappa shape index (κ2) is 12.6. The van der Waals surface area contributed by atoms with E-state index in [0.29, 0.717) is 13.2 Å². The van der Waals surface area contributed by atoms with E-state index in [9.17, 15) is 4.79 Å². The largest absolute Gasteiger partial charge is 0.497 e. The number of amides is 1. The maximum absolute atomic E-state index is 12.7. The Labute approximate surface area is 192 Å². The van der Waals surface area contributed by atoms with Crippen LogP contribution in [0.25, 0.3) is 0 Å². The zero-order chi connectivity index (χ0) is 22.8. The molecule has 0 bridgehead atoms. The molecule has 1 aromatic carbocycles. The van der Waals surface area contributed by atoms with Crippen molar-refractivity contribution in [2.75, 3.05) is 66.6 Å². The molecule has 0 radical (unpaired) electrons.